The van der Waals surface area contributed by atoms with Crippen molar-refractivity contribution in [3.8, 4) is 5.75 Å². The van der Waals surface area contributed by atoms with E-state index in [0.29, 0.717) is 11.2 Å². The van der Waals surface area contributed by atoms with Gasteiger partial charge in [-0.1, -0.05) is 0 Å². The van der Waals surface area contributed by atoms with Gasteiger partial charge in [-0.25, -0.2) is 4.39 Å². The quantitative estimate of drug-likeness (QED) is 0.858. The number of halogens is 1. The van der Waals surface area contributed by atoms with E-state index in [2.05, 4.69) is 5.32 Å². The van der Waals surface area contributed by atoms with Crippen LogP contribution in [-0.4, -0.2) is 19.1 Å². The highest BCUT2D eigenvalue weighted by Crippen LogP contribution is 2.61. The van der Waals surface area contributed by atoms with E-state index in [1.807, 2.05) is 0 Å². The second-order valence-corrected chi connectivity index (χ2v) is 8.26. The van der Waals surface area contributed by atoms with Crippen molar-refractivity contribution in [3.63, 3.8) is 0 Å². The molecule has 0 unspecified atom stereocenters. The maximum Gasteiger partial charge on any atom is 0.257 e. The van der Waals surface area contributed by atoms with E-state index in [4.69, 9.17) is 4.74 Å². The highest BCUT2D eigenvalue weighted by atomic mass is 19.1. The Morgan fingerprint density at radius 3 is 2.25 bits per heavy atom. The molecule has 0 atom stereocenters. The molecule has 4 bridgehead atoms. The first-order valence-corrected chi connectivity index (χ1v) is 9.25. The number of hydrogen-bond donors (Lipinski definition) is 1. The lowest BCUT2D eigenvalue weighted by Gasteiger charge is -2.57. The summed E-state index contributed by atoms with van der Waals surface area (Å²) in [5.41, 5.74) is 0.500. The summed E-state index contributed by atoms with van der Waals surface area (Å²) in [7, 11) is 0. The minimum atomic E-state index is -0.303. The fourth-order valence-corrected chi connectivity index (χ4v) is 5.79. The Kier molecular flexibility index (Phi) is 4.23. The van der Waals surface area contributed by atoms with Crippen molar-refractivity contribution in [2.75, 3.05) is 13.2 Å². The number of ether oxygens (including phenoxy) is 1. The zero-order chi connectivity index (χ0) is 16.6. The Hall–Kier alpha value is -1.58. The second kappa shape index (κ2) is 6.38. The number of hydrogen-bond acceptors (Lipinski definition) is 2. The van der Waals surface area contributed by atoms with E-state index in [9.17, 15) is 9.18 Å². The smallest absolute Gasteiger partial charge is 0.257 e. The third-order valence-electron chi connectivity index (χ3n) is 6.33. The average molecular weight is 331 g/mol. The van der Waals surface area contributed by atoms with Crippen LogP contribution in [0.4, 0.5) is 4.39 Å². The Balaban J connectivity index is 1.21. The van der Waals surface area contributed by atoms with Crippen LogP contribution in [0.5, 0.6) is 5.75 Å². The van der Waals surface area contributed by atoms with E-state index >= 15 is 0 Å². The molecule has 4 aliphatic rings. The summed E-state index contributed by atoms with van der Waals surface area (Å²) in [6, 6.07) is 5.75. The Morgan fingerprint density at radius 1 is 1.08 bits per heavy atom. The molecule has 1 amide bonds. The number of benzene rings is 1. The third kappa shape index (κ3) is 3.42. The molecule has 0 saturated heterocycles. The van der Waals surface area contributed by atoms with Gasteiger partial charge in [-0.3, -0.25) is 4.79 Å². The average Bonchev–Trinajstić information content (AvgIpc) is 2.53. The molecule has 1 aromatic carbocycles. The monoisotopic (exact) mass is 331 g/mol. The summed E-state index contributed by atoms with van der Waals surface area (Å²) in [6.45, 7) is 0.740. The normalized spacial score (nSPS) is 33.5. The van der Waals surface area contributed by atoms with Crippen molar-refractivity contribution in [1.82, 2.24) is 5.32 Å². The molecule has 4 heteroatoms. The van der Waals surface area contributed by atoms with E-state index in [1.54, 1.807) is 0 Å². The SMILES string of the molecule is O=C(COc1ccc(F)cc1)NCCC12CC3CC(CC(C3)C1)C2. The van der Waals surface area contributed by atoms with Crippen molar-refractivity contribution < 1.29 is 13.9 Å². The lowest BCUT2D eigenvalue weighted by atomic mass is 9.49. The van der Waals surface area contributed by atoms with Gasteiger partial charge < -0.3 is 10.1 Å². The first-order valence-electron chi connectivity index (χ1n) is 9.25. The molecule has 3 nitrogen and oxygen atoms in total. The van der Waals surface area contributed by atoms with Crippen LogP contribution in [0.25, 0.3) is 0 Å². The van der Waals surface area contributed by atoms with Crippen LogP contribution in [0, 0.1) is 29.0 Å². The Bertz CT molecular complexity index is 563. The largest absolute Gasteiger partial charge is 0.484 e. The molecule has 5 rings (SSSR count). The van der Waals surface area contributed by atoms with Gasteiger partial charge in [0.15, 0.2) is 6.61 Å². The molecule has 0 radical (unpaired) electrons. The van der Waals surface area contributed by atoms with Crippen molar-refractivity contribution in [1.29, 1.82) is 0 Å². The van der Waals surface area contributed by atoms with Gasteiger partial charge in [0.05, 0.1) is 0 Å². The van der Waals surface area contributed by atoms with Crippen LogP contribution < -0.4 is 10.1 Å². The van der Waals surface area contributed by atoms with Crippen LogP contribution in [0.3, 0.4) is 0 Å². The van der Waals surface area contributed by atoms with Crippen LogP contribution in [0.2, 0.25) is 0 Å². The van der Waals surface area contributed by atoms with Crippen molar-refractivity contribution in [2.45, 2.75) is 44.9 Å². The summed E-state index contributed by atoms with van der Waals surface area (Å²) < 4.78 is 18.2. The molecular weight excluding hydrogens is 305 g/mol. The molecule has 24 heavy (non-hydrogen) atoms. The molecular formula is C20H26FNO2. The molecule has 0 aromatic heterocycles. The van der Waals surface area contributed by atoms with Crippen molar-refractivity contribution in [2.24, 2.45) is 23.2 Å². The van der Waals surface area contributed by atoms with E-state index < -0.39 is 0 Å². The van der Waals surface area contributed by atoms with Crippen molar-refractivity contribution in [3.05, 3.63) is 30.1 Å². The molecule has 0 heterocycles. The minimum absolute atomic E-state index is 0.00743. The highest BCUT2D eigenvalue weighted by Gasteiger charge is 2.50. The van der Waals surface area contributed by atoms with Crippen LogP contribution in [0.1, 0.15) is 44.9 Å². The van der Waals surface area contributed by atoms with Crippen LogP contribution in [-0.2, 0) is 4.79 Å². The number of amides is 1. The highest BCUT2D eigenvalue weighted by molar-refractivity contribution is 5.77. The van der Waals surface area contributed by atoms with E-state index in [0.717, 1.165) is 30.7 Å². The third-order valence-corrected chi connectivity index (χ3v) is 6.33. The minimum Gasteiger partial charge on any atom is -0.484 e. The van der Waals surface area contributed by atoms with Gasteiger partial charge in [-0.05, 0) is 92.4 Å². The van der Waals surface area contributed by atoms with Gasteiger partial charge in [0.1, 0.15) is 11.6 Å². The zero-order valence-corrected chi connectivity index (χ0v) is 14.1. The second-order valence-electron chi connectivity index (χ2n) is 8.26. The summed E-state index contributed by atoms with van der Waals surface area (Å²) in [5, 5.41) is 3.00. The fraction of sp³-hybridized carbons (Fsp3) is 0.650. The topological polar surface area (TPSA) is 38.3 Å². The molecule has 4 aliphatic carbocycles. The number of carbonyl (C=O) groups excluding carboxylic acids is 1. The number of carbonyl (C=O) groups is 1. The lowest BCUT2D eigenvalue weighted by molar-refractivity contribution is -0.123. The standard InChI is InChI=1S/C20H26FNO2/c21-17-1-3-18(4-2-17)24-13-19(23)22-6-5-20-10-14-7-15(11-20)9-16(8-14)12-20/h1-4,14-16H,5-13H2,(H,22,23). The maximum atomic E-state index is 12.8. The summed E-state index contributed by atoms with van der Waals surface area (Å²) >= 11 is 0. The van der Waals surface area contributed by atoms with Gasteiger partial charge in [0.25, 0.3) is 5.91 Å². The predicted molar refractivity (Wildman–Crippen MR) is 90.1 cm³/mol. The van der Waals surface area contributed by atoms with E-state index in [-0.39, 0.29) is 18.3 Å². The lowest BCUT2D eigenvalue weighted by Crippen LogP contribution is -2.47. The fourth-order valence-electron chi connectivity index (χ4n) is 5.79. The summed E-state index contributed by atoms with van der Waals surface area (Å²) in [6.07, 6.45) is 9.60. The van der Waals surface area contributed by atoms with Gasteiger partial charge in [0, 0.05) is 6.54 Å². The molecule has 1 aromatic rings. The first-order chi connectivity index (χ1) is 11.6. The maximum absolute atomic E-state index is 12.8. The van der Waals surface area contributed by atoms with Gasteiger partial charge in [-0.15, -0.1) is 0 Å². The molecule has 0 spiro atoms. The Labute approximate surface area is 143 Å². The molecule has 0 aliphatic heterocycles. The van der Waals surface area contributed by atoms with Gasteiger partial charge >= 0.3 is 0 Å². The van der Waals surface area contributed by atoms with E-state index in [1.165, 1.54) is 62.8 Å². The summed E-state index contributed by atoms with van der Waals surface area (Å²) in [5.74, 6) is 2.98. The van der Waals surface area contributed by atoms with Crippen molar-refractivity contribution >= 4 is 5.91 Å². The van der Waals surface area contributed by atoms with Gasteiger partial charge in [0.2, 0.25) is 0 Å². The molecule has 4 saturated carbocycles. The van der Waals surface area contributed by atoms with Crippen LogP contribution >= 0.6 is 0 Å². The predicted octanol–water partition coefficient (Wildman–Crippen LogP) is 3.93. The number of rotatable bonds is 6. The first kappa shape index (κ1) is 15.9. The Morgan fingerprint density at radius 2 is 1.67 bits per heavy atom. The number of nitrogens with one attached hydrogen (secondary N) is 1. The molecule has 1 N–H and O–H groups in total. The molecule has 4 fully saturated rings. The summed E-state index contributed by atoms with van der Waals surface area (Å²) in [4.78, 5) is 12.0. The molecule has 130 valence electrons. The van der Waals surface area contributed by atoms with Gasteiger partial charge in [-0.2, -0.15) is 0 Å². The van der Waals surface area contributed by atoms with Crippen LogP contribution in [0.15, 0.2) is 24.3 Å². The zero-order valence-electron chi connectivity index (χ0n) is 14.1.